The van der Waals surface area contributed by atoms with E-state index in [4.69, 9.17) is 11.6 Å². The second-order valence-electron chi connectivity index (χ2n) is 5.11. The van der Waals surface area contributed by atoms with Gasteiger partial charge in [-0.05, 0) is 12.1 Å². The first kappa shape index (κ1) is 17.8. The third kappa shape index (κ3) is 5.56. The molecule has 21 heavy (non-hydrogen) atoms. The SMILES string of the molecule is COC(=O)/C=C/CSc1ccc(C(=O)C(C)(C)CCl)cc1. The standard InChI is InChI=1S/C16H19ClO3S/c1-16(2,11-17)15(19)12-6-8-13(9-7-12)21-10-4-5-14(18)20-3/h4-9H,10-11H2,1-3H3/b5-4+. The van der Waals surface area contributed by atoms with Crippen LogP contribution in [0.25, 0.3) is 0 Å². The van der Waals surface area contributed by atoms with Gasteiger partial charge in [0.15, 0.2) is 5.78 Å². The molecule has 0 fully saturated rings. The largest absolute Gasteiger partial charge is 0.466 e. The predicted molar refractivity (Wildman–Crippen MR) is 87.2 cm³/mol. The highest BCUT2D eigenvalue weighted by atomic mass is 35.5. The Morgan fingerprint density at radius 1 is 1.29 bits per heavy atom. The van der Waals surface area contributed by atoms with Crippen molar-refractivity contribution in [3.8, 4) is 0 Å². The third-order valence-corrected chi connectivity index (χ3v) is 4.50. The van der Waals surface area contributed by atoms with Gasteiger partial charge in [-0.25, -0.2) is 4.79 Å². The number of thioether (sulfide) groups is 1. The topological polar surface area (TPSA) is 43.4 Å². The predicted octanol–water partition coefficient (Wildman–Crippen LogP) is 3.96. The summed E-state index contributed by atoms with van der Waals surface area (Å²) in [4.78, 5) is 24.2. The number of Topliss-reactive ketones (excluding diaryl/α,β-unsaturated/α-hetero) is 1. The Hall–Kier alpha value is -1.26. The second-order valence-corrected chi connectivity index (χ2v) is 6.47. The fourth-order valence-electron chi connectivity index (χ4n) is 1.51. The molecule has 0 bridgehead atoms. The normalized spacial score (nSPS) is 11.6. The minimum absolute atomic E-state index is 0.0413. The van der Waals surface area contributed by atoms with E-state index in [0.717, 1.165) is 4.90 Å². The van der Waals surface area contributed by atoms with E-state index < -0.39 is 5.41 Å². The molecule has 0 radical (unpaired) electrons. The highest BCUT2D eigenvalue weighted by Gasteiger charge is 2.27. The highest BCUT2D eigenvalue weighted by Crippen LogP contribution is 2.25. The summed E-state index contributed by atoms with van der Waals surface area (Å²) in [5.41, 5.74) is 0.106. The van der Waals surface area contributed by atoms with Crippen molar-refractivity contribution in [1.29, 1.82) is 0 Å². The highest BCUT2D eigenvalue weighted by molar-refractivity contribution is 7.99. The zero-order valence-corrected chi connectivity index (χ0v) is 14.0. The zero-order chi connectivity index (χ0) is 15.9. The number of methoxy groups -OCH3 is 1. The number of carbonyl (C=O) groups excluding carboxylic acids is 2. The molecule has 1 aromatic carbocycles. The molecule has 0 unspecified atom stereocenters. The average Bonchev–Trinajstić information content (AvgIpc) is 2.51. The number of hydrogen-bond donors (Lipinski definition) is 0. The molecule has 0 aliphatic rings. The van der Waals surface area contributed by atoms with E-state index in [-0.39, 0.29) is 11.8 Å². The number of carbonyl (C=O) groups is 2. The monoisotopic (exact) mass is 326 g/mol. The van der Waals surface area contributed by atoms with E-state index in [0.29, 0.717) is 17.2 Å². The Labute approximate surface area is 134 Å². The molecule has 1 rings (SSSR count). The molecule has 3 nitrogen and oxygen atoms in total. The number of alkyl halides is 1. The van der Waals surface area contributed by atoms with E-state index >= 15 is 0 Å². The van der Waals surface area contributed by atoms with Gasteiger partial charge in [-0.15, -0.1) is 23.4 Å². The lowest BCUT2D eigenvalue weighted by molar-refractivity contribution is -0.134. The van der Waals surface area contributed by atoms with E-state index in [1.54, 1.807) is 17.8 Å². The van der Waals surface area contributed by atoms with E-state index in [2.05, 4.69) is 4.74 Å². The molecule has 0 heterocycles. The molecule has 0 saturated heterocycles. The van der Waals surface area contributed by atoms with Crippen molar-refractivity contribution >= 4 is 35.1 Å². The minimum atomic E-state index is -0.556. The van der Waals surface area contributed by atoms with Gasteiger partial charge in [-0.3, -0.25) is 4.79 Å². The number of ether oxygens (including phenoxy) is 1. The lowest BCUT2D eigenvalue weighted by Gasteiger charge is -2.19. The van der Waals surface area contributed by atoms with Gasteiger partial charge in [-0.2, -0.15) is 0 Å². The maximum Gasteiger partial charge on any atom is 0.330 e. The smallest absolute Gasteiger partial charge is 0.330 e. The van der Waals surface area contributed by atoms with Crippen molar-refractivity contribution in [3.05, 3.63) is 42.0 Å². The van der Waals surface area contributed by atoms with Crippen LogP contribution in [0.1, 0.15) is 24.2 Å². The molecule has 0 spiro atoms. The first-order chi connectivity index (χ1) is 9.90. The summed E-state index contributed by atoms with van der Waals surface area (Å²) < 4.78 is 4.50. The molecule has 0 amide bonds. The van der Waals surface area contributed by atoms with Crippen LogP contribution in [0.4, 0.5) is 0 Å². The van der Waals surface area contributed by atoms with E-state index in [1.807, 2.05) is 38.1 Å². The number of rotatable bonds is 7. The van der Waals surface area contributed by atoms with Gasteiger partial charge in [0.05, 0.1) is 7.11 Å². The van der Waals surface area contributed by atoms with Gasteiger partial charge in [-0.1, -0.05) is 32.1 Å². The summed E-state index contributed by atoms with van der Waals surface area (Å²) in [6.45, 7) is 3.67. The van der Waals surface area contributed by atoms with Gasteiger partial charge in [0.25, 0.3) is 0 Å². The number of benzene rings is 1. The third-order valence-electron chi connectivity index (χ3n) is 2.87. The maximum absolute atomic E-state index is 12.2. The van der Waals surface area contributed by atoms with Crippen LogP contribution in [0.3, 0.4) is 0 Å². The first-order valence-corrected chi connectivity index (χ1v) is 8.01. The number of esters is 1. The molecular weight excluding hydrogens is 308 g/mol. The first-order valence-electron chi connectivity index (χ1n) is 6.49. The van der Waals surface area contributed by atoms with Crippen LogP contribution < -0.4 is 0 Å². The second kappa shape index (κ2) is 8.25. The molecule has 5 heteroatoms. The van der Waals surface area contributed by atoms with Gasteiger partial charge < -0.3 is 4.74 Å². The van der Waals surface area contributed by atoms with Crippen molar-refractivity contribution in [2.24, 2.45) is 5.41 Å². The van der Waals surface area contributed by atoms with Crippen molar-refractivity contribution in [3.63, 3.8) is 0 Å². The van der Waals surface area contributed by atoms with E-state index in [1.165, 1.54) is 13.2 Å². The van der Waals surface area contributed by atoms with Crippen LogP contribution in [-0.2, 0) is 9.53 Å². The Bertz CT molecular complexity index is 521. The molecule has 0 aromatic heterocycles. The quantitative estimate of drug-likeness (QED) is 0.250. The molecule has 0 aliphatic carbocycles. The van der Waals surface area contributed by atoms with Crippen molar-refractivity contribution in [2.45, 2.75) is 18.7 Å². The van der Waals surface area contributed by atoms with Gasteiger partial charge >= 0.3 is 5.97 Å². The molecule has 114 valence electrons. The van der Waals surface area contributed by atoms with Crippen LogP contribution in [0.2, 0.25) is 0 Å². The molecule has 0 N–H and O–H groups in total. The Balaban J connectivity index is 2.61. The number of hydrogen-bond acceptors (Lipinski definition) is 4. The Morgan fingerprint density at radius 2 is 1.90 bits per heavy atom. The Kier molecular flexibility index (Phi) is 6.99. The van der Waals surface area contributed by atoms with Crippen LogP contribution in [0.5, 0.6) is 0 Å². The fraction of sp³-hybridized carbons (Fsp3) is 0.375. The Morgan fingerprint density at radius 3 is 2.43 bits per heavy atom. The zero-order valence-electron chi connectivity index (χ0n) is 12.4. The van der Waals surface area contributed by atoms with Gasteiger partial charge in [0, 0.05) is 33.6 Å². The van der Waals surface area contributed by atoms with Crippen LogP contribution in [0.15, 0.2) is 41.3 Å². The molecule has 0 aliphatic heterocycles. The molecular formula is C16H19ClO3S. The average molecular weight is 327 g/mol. The summed E-state index contributed by atoms with van der Waals surface area (Å²) in [7, 11) is 1.35. The van der Waals surface area contributed by atoms with Crippen molar-refractivity contribution in [1.82, 2.24) is 0 Å². The summed E-state index contributed by atoms with van der Waals surface area (Å²) in [5.74, 6) is 0.635. The summed E-state index contributed by atoms with van der Waals surface area (Å²) in [6, 6.07) is 7.41. The number of halogens is 1. The molecule has 0 saturated carbocycles. The van der Waals surface area contributed by atoms with Crippen molar-refractivity contribution < 1.29 is 14.3 Å². The van der Waals surface area contributed by atoms with Crippen LogP contribution in [0, 0.1) is 5.41 Å². The summed E-state index contributed by atoms with van der Waals surface area (Å²) >= 11 is 7.40. The lowest BCUT2D eigenvalue weighted by atomic mass is 9.86. The minimum Gasteiger partial charge on any atom is -0.466 e. The summed E-state index contributed by atoms with van der Waals surface area (Å²) in [6.07, 6.45) is 3.14. The van der Waals surface area contributed by atoms with Crippen LogP contribution >= 0.6 is 23.4 Å². The van der Waals surface area contributed by atoms with E-state index in [9.17, 15) is 9.59 Å². The molecule has 0 atom stereocenters. The van der Waals surface area contributed by atoms with Crippen molar-refractivity contribution in [2.75, 3.05) is 18.7 Å². The fourth-order valence-corrected chi connectivity index (χ4v) is 2.35. The number of ketones is 1. The van der Waals surface area contributed by atoms with Crippen LogP contribution in [-0.4, -0.2) is 30.5 Å². The van der Waals surface area contributed by atoms with Gasteiger partial charge in [0.1, 0.15) is 0 Å². The van der Waals surface area contributed by atoms with Gasteiger partial charge in [0.2, 0.25) is 0 Å². The summed E-state index contributed by atoms with van der Waals surface area (Å²) in [5, 5.41) is 0. The lowest BCUT2D eigenvalue weighted by Crippen LogP contribution is -2.25. The maximum atomic E-state index is 12.2. The molecule has 1 aromatic rings.